The lowest BCUT2D eigenvalue weighted by molar-refractivity contribution is 0.0596. The molecule has 2 rings (SSSR count). The number of methoxy groups -OCH3 is 2. The van der Waals surface area contributed by atoms with Gasteiger partial charge in [0.2, 0.25) is 5.88 Å². The molecule has 0 amide bonds. The van der Waals surface area contributed by atoms with Crippen LogP contribution in [-0.2, 0) is 4.74 Å². The van der Waals surface area contributed by atoms with E-state index in [2.05, 4.69) is 9.88 Å². The van der Waals surface area contributed by atoms with Gasteiger partial charge in [-0.25, -0.2) is 4.79 Å². The molecular formula is C15H22N2O3. The first kappa shape index (κ1) is 14.6. The Morgan fingerprint density at radius 1 is 1.35 bits per heavy atom. The third-order valence-electron chi connectivity index (χ3n) is 3.84. The van der Waals surface area contributed by atoms with Gasteiger partial charge >= 0.3 is 5.97 Å². The number of carbonyl (C=O) groups is 1. The Labute approximate surface area is 119 Å². The molecule has 0 bridgehead atoms. The van der Waals surface area contributed by atoms with Crippen LogP contribution in [0, 0.1) is 5.92 Å². The third kappa shape index (κ3) is 3.21. The molecule has 1 aliphatic carbocycles. The standard InChI is InChI=1S/C15H22N2O3/c1-17(10-11-6-4-5-7-11)13-9-8-12(15(18)20-3)14(16-13)19-2/h8-9,11H,4-7,10H2,1-3H3. The quantitative estimate of drug-likeness (QED) is 0.775. The lowest BCUT2D eigenvalue weighted by atomic mass is 10.1. The summed E-state index contributed by atoms with van der Waals surface area (Å²) < 4.78 is 9.90. The molecule has 0 spiro atoms. The molecule has 0 aliphatic heterocycles. The molecule has 20 heavy (non-hydrogen) atoms. The van der Waals surface area contributed by atoms with E-state index in [0.717, 1.165) is 18.3 Å². The predicted octanol–water partition coefficient (Wildman–Crippen LogP) is 2.50. The smallest absolute Gasteiger partial charge is 0.343 e. The first-order valence-corrected chi connectivity index (χ1v) is 7.00. The molecule has 1 saturated carbocycles. The van der Waals surface area contributed by atoms with E-state index in [1.165, 1.54) is 39.9 Å². The van der Waals surface area contributed by atoms with Crippen molar-refractivity contribution in [3.63, 3.8) is 0 Å². The molecule has 1 aliphatic rings. The van der Waals surface area contributed by atoms with Crippen molar-refractivity contribution in [3.8, 4) is 5.88 Å². The summed E-state index contributed by atoms with van der Waals surface area (Å²) in [5.41, 5.74) is 0.355. The maximum atomic E-state index is 11.6. The Kier molecular flexibility index (Phi) is 4.82. The SMILES string of the molecule is COC(=O)c1ccc(N(C)CC2CCCC2)nc1OC. The van der Waals surface area contributed by atoms with E-state index in [1.54, 1.807) is 6.07 Å². The molecular weight excluding hydrogens is 256 g/mol. The monoisotopic (exact) mass is 278 g/mol. The highest BCUT2D eigenvalue weighted by molar-refractivity contribution is 5.92. The van der Waals surface area contributed by atoms with Crippen molar-refractivity contribution in [1.82, 2.24) is 4.98 Å². The first-order chi connectivity index (χ1) is 9.65. The average molecular weight is 278 g/mol. The molecule has 0 saturated heterocycles. The van der Waals surface area contributed by atoms with Crippen LogP contribution in [0.25, 0.3) is 0 Å². The maximum Gasteiger partial charge on any atom is 0.343 e. The fourth-order valence-electron chi connectivity index (χ4n) is 2.74. The Bertz CT molecular complexity index is 470. The molecule has 0 aromatic carbocycles. The number of rotatable bonds is 5. The van der Waals surface area contributed by atoms with Crippen LogP contribution in [-0.4, -0.2) is 38.8 Å². The molecule has 0 radical (unpaired) electrons. The molecule has 0 unspecified atom stereocenters. The number of esters is 1. The summed E-state index contributed by atoms with van der Waals surface area (Å²) >= 11 is 0. The molecule has 5 nitrogen and oxygen atoms in total. The summed E-state index contributed by atoms with van der Waals surface area (Å²) in [5, 5.41) is 0. The summed E-state index contributed by atoms with van der Waals surface area (Å²) in [7, 11) is 4.88. The second-order valence-electron chi connectivity index (χ2n) is 5.25. The number of carbonyl (C=O) groups excluding carboxylic acids is 1. The normalized spacial score (nSPS) is 15.2. The molecule has 0 atom stereocenters. The summed E-state index contributed by atoms with van der Waals surface area (Å²) in [5.74, 6) is 1.45. The highest BCUT2D eigenvalue weighted by Gasteiger charge is 2.19. The Morgan fingerprint density at radius 2 is 2.05 bits per heavy atom. The van der Waals surface area contributed by atoms with Gasteiger partial charge in [0.15, 0.2) is 0 Å². The van der Waals surface area contributed by atoms with Gasteiger partial charge in [0.1, 0.15) is 11.4 Å². The zero-order valence-corrected chi connectivity index (χ0v) is 12.4. The summed E-state index contributed by atoms with van der Waals surface area (Å²) in [6.07, 6.45) is 5.25. The summed E-state index contributed by atoms with van der Waals surface area (Å²) in [6.45, 7) is 0.994. The number of hydrogen-bond donors (Lipinski definition) is 0. The minimum atomic E-state index is -0.431. The number of aromatic nitrogens is 1. The minimum Gasteiger partial charge on any atom is -0.480 e. The van der Waals surface area contributed by atoms with Gasteiger partial charge in [-0.05, 0) is 30.9 Å². The molecule has 1 aromatic heterocycles. The first-order valence-electron chi connectivity index (χ1n) is 7.00. The van der Waals surface area contributed by atoms with Crippen LogP contribution >= 0.6 is 0 Å². The molecule has 5 heteroatoms. The lowest BCUT2D eigenvalue weighted by Crippen LogP contribution is -2.25. The highest BCUT2D eigenvalue weighted by Crippen LogP contribution is 2.27. The van der Waals surface area contributed by atoms with Crippen LogP contribution in [0.4, 0.5) is 5.82 Å². The number of pyridine rings is 1. The Balaban J connectivity index is 2.13. The number of hydrogen-bond acceptors (Lipinski definition) is 5. The van der Waals surface area contributed by atoms with E-state index >= 15 is 0 Å². The summed E-state index contributed by atoms with van der Waals surface area (Å²) in [6, 6.07) is 3.54. The maximum absolute atomic E-state index is 11.6. The van der Waals surface area contributed by atoms with E-state index in [0.29, 0.717) is 11.4 Å². The second kappa shape index (κ2) is 6.59. The molecule has 0 N–H and O–H groups in total. The zero-order chi connectivity index (χ0) is 14.5. The Morgan fingerprint density at radius 3 is 2.65 bits per heavy atom. The second-order valence-corrected chi connectivity index (χ2v) is 5.25. The third-order valence-corrected chi connectivity index (χ3v) is 3.84. The van der Waals surface area contributed by atoms with Gasteiger partial charge < -0.3 is 14.4 Å². The highest BCUT2D eigenvalue weighted by atomic mass is 16.5. The van der Waals surface area contributed by atoms with Crippen molar-refractivity contribution in [1.29, 1.82) is 0 Å². The molecule has 1 heterocycles. The molecule has 110 valence electrons. The van der Waals surface area contributed by atoms with Gasteiger partial charge in [0.25, 0.3) is 0 Å². The van der Waals surface area contributed by atoms with E-state index in [-0.39, 0.29) is 0 Å². The van der Waals surface area contributed by atoms with Gasteiger partial charge in [0, 0.05) is 13.6 Å². The number of nitrogens with zero attached hydrogens (tertiary/aromatic N) is 2. The van der Waals surface area contributed by atoms with Crippen molar-refractivity contribution >= 4 is 11.8 Å². The van der Waals surface area contributed by atoms with Crippen molar-refractivity contribution in [2.45, 2.75) is 25.7 Å². The van der Waals surface area contributed by atoms with E-state index in [4.69, 9.17) is 9.47 Å². The number of ether oxygens (including phenoxy) is 2. The van der Waals surface area contributed by atoms with Crippen LogP contribution in [0.2, 0.25) is 0 Å². The van der Waals surface area contributed by atoms with Crippen molar-refractivity contribution in [3.05, 3.63) is 17.7 Å². The van der Waals surface area contributed by atoms with Gasteiger partial charge in [-0.15, -0.1) is 0 Å². The van der Waals surface area contributed by atoms with Gasteiger partial charge in [0.05, 0.1) is 14.2 Å². The van der Waals surface area contributed by atoms with E-state index in [9.17, 15) is 4.79 Å². The lowest BCUT2D eigenvalue weighted by Gasteiger charge is -2.22. The molecule has 1 aromatic rings. The van der Waals surface area contributed by atoms with Gasteiger partial charge in [-0.3, -0.25) is 0 Å². The minimum absolute atomic E-state index is 0.313. The fraction of sp³-hybridized carbons (Fsp3) is 0.600. The topological polar surface area (TPSA) is 51.7 Å². The number of anilines is 1. The van der Waals surface area contributed by atoms with Crippen LogP contribution in [0.15, 0.2) is 12.1 Å². The van der Waals surface area contributed by atoms with Crippen LogP contribution in [0.5, 0.6) is 5.88 Å². The van der Waals surface area contributed by atoms with Crippen LogP contribution < -0.4 is 9.64 Å². The largest absolute Gasteiger partial charge is 0.480 e. The van der Waals surface area contributed by atoms with Gasteiger partial charge in [-0.1, -0.05) is 12.8 Å². The van der Waals surface area contributed by atoms with Crippen LogP contribution in [0.3, 0.4) is 0 Å². The van der Waals surface area contributed by atoms with E-state index in [1.807, 2.05) is 13.1 Å². The summed E-state index contributed by atoms with van der Waals surface area (Å²) in [4.78, 5) is 18.1. The molecule has 1 fully saturated rings. The predicted molar refractivity (Wildman–Crippen MR) is 77.4 cm³/mol. The van der Waals surface area contributed by atoms with Crippen molar-refractivity contribution < 1.29 is 14.3 Å². The van der Waals surface area contributed by atoms with Crippen molar-refractivity contribution in [2.24, 2.45) is 5.92 Å². The van der Waals surface area contributed by atoms with Gasteiger partial charge in [-0.2, -0.15) is 4.98 Å². The van der Waals surface area contributed by atoms with E-state index < -0.39 is 5.97 Å². The zero-order valence-electron chi connectivity index (χ0n) is 12.4. The fourth-order valence-corrected chi connectivity index (χ4v) is 2.74. The van der Waals surface area contributed by atoms with Crippen LogP contribution in [0.1, 0.15) is 36.0 Å². The average Bonchev–Trinajstić information content (AvgIpc) is 2.98. The Hall–Kier alpha value is -1.78. The van der Waals surface area contributed by atoms with Crippen molar-refractivity contribution in [2.75, 3.05) is 32.7 Å².